The molecule has 1 N–H and O–H groups in total. The molecule has 0 amide bonds. The molecule has 0 aliphatic rings. The molecule has 0 saturated heterocycles. The molecule has 0 radical (unpaired) electrons. The van der Waals surface area contributed by atoms with E-state index in [0.29, 0.717) is 5.56 Å². The smallest absolute Gasteiger partial charge is 0.359 e. The zero-order valence-electron chi connectivity index (χ0n) is 8.47. The van der Waals surface area contributed by atoms with Gasteiger partial charge in [0.2, 0.25) is 5.69 Å². The molecule has 1 heterocycles. The predicted molar refractivity (Wildman–Crippen MR) is 57.5 cm³/mol. The van der Waals surface area contributed by atoms with Crippen LogP contribution in [0.4, 0.5) is 4.39 Å². The zero-order valence-corrected chi connectivity index (χ0v) is 9.23. The van der Waals surface area contributed by atoms with Crippen molar-refractivity contribution in [1.82, 2.24) is 15.0 Å². The number of carboxylic acids is 1. The summed E-state index contributed by atoms with van der Waals surface area (Å²) in [5, 5.41) is 16.0. The highest BCUT2D eigenvalue weighted by atomic mass is 35.5. The molecule has 0 aliphatic heterocycles. The van der Waals surface area contributed by atoms with Crippen LogP contribution in [0.25, 0.3) is 0 Å². The van der Waals surface area contributed by atoms with Crippen LogP contribution in [0.3, 0.4) is 0 Å². The normalized spacial score (nSPS) is 10.5. The van der Waals surface area contributed by atoms with Crippen LogP contribution in [0.5, 0.6) is 0 Å². The van der Waals surface area contributed by atoms with Crippen molar-refractivity contribution < 1.29 is 14.3 Å². The van der Waals surface area contributed by atoms with Crippen molar-refractivity contribution in [3.63, 3.8) is 0 Å². The molecule has 1 aromatic carbocycles. The zero-order chi connectivity index (χ0) is 12.4. The first kappa shape index (κ1) is 11.5. The number of carbonyl (C=O) groups is 1. The summed E-state index contributed by atoms with van der Waals surface area (Å²) < 4.78 is 12.9. The number of carboxylic acid groups (broad SMARTS) is 1. The molecule has 0 atom stereocenters. The van der Waals surface area contributed by atoms with E-state index >= 15 is 0 Å². The number of hydrogen-bond acceptors (Lipinski definition) is 3. The van der Waals surface area contributed by atoms with E-state index in [-0.39, 0.29) is 23.2 Å². The highest BCUT2D eigenvalue weighted by molar-refractivity contribution is 6.31. The fourth-order valence-corrected chi connectivity index (χ4v) is 1.53. The average Bonchev–Trinajstić information content (AvgIpc) is 2.59. The Morgan fingerprint density at radius 3 is 2.82 bits per heavy atom. The lowest BCUT2D eigenvalue weighted by Gasteiger charge is -1.99. The van der Waals surface area contributed by atoms with E-state index in [0.717, 1.165) is 4.80 Å². The first-order valence-electron chi connectivity index (χ1n) is 4.64. The number of hydrogen-bond donors (Lipinski definition) is 1. The minimum absolute atomic E-state index is 0.157. The predicted octanol–water partition coefficient (Wildman–Crippen LogP) is 1.82. The summed E-state index contributed by atoms with van der Waals surface area (Å²) in [5.41, 5.74) is 0.302. The molecular weight excluding hydrogens is 249 g/mol. The molecule has 0 saturated carbocycles. The van der Waals surface area contributed by atoms with Crippen LogP contribution in [0.1, 0.15) is 16.1 Å². The van der Waals surface area contributed by atoms with Crippen molar-refractivity contribution >= 4 is 17.6 Å². The van der Waals surface area contributed by atoms with E-state index in [1.807, 2.05) is 0 Å². The van der Waals surface area contributed by atoms with Crippen molar-refractivity contribution in [3.05, 3.63) is 46.5 Å². The van der Waals surface area contributed by atoms with Gasteiger partial charge in [0.05, 0.1) is 6.54 Å². The Morgan fingerprint density at radius 2 is 2.24 bits per heavy atom. The lowest BCUT2D eigenvalue weighted by atomic mass is 10.2. The van der Waals surface area contributed by atoms with E-state index in [2.05, 4.69) is 10.2 Å². The van der Waals surface area contributed by atoms with Crippen LogP contribution < -0.4 is 0 Å². The molecule has 2 aromatic rings. The molecule has 5 nitrogen and oxygen atoms in total. The maximum absolute atomic E-state index is 12.9. The van der Waals surface area contributed by atoms with E-state index < -0.39 is 5.97 Å². The Labute approximate surface area is 100 Å². The Hall–Kier alpha value is -1.95. The highest BCUT2D eigenvalue weighted by Gasteiger charge is 2.15. The second-order valence-electron chi connectivity index (χ2n) is 3.30. The van der Waals surface area contributed by atoms with Gasteiger partial charge in [0, 0.05) is 0 Å². The summed E-state index contributed by atoms with van der Waals surface area (Å²) in [7, 11) is 0. The molecule has 0 unspecified atom stereocenters. The average molecular weight is 256 g/mol. The van der Waals surface area contributed by atoms with Crippen LogP contribution in [0.2, 0.25) is 5.15 Å². The molecule has 7 heteroatoms. The van der Waals surface area contributed by atoms with E-state index in [9.17, 15) is 9.18 Å². The summed E-state index contributed by atoms with van der Waals surface area (Å²) in [6.07, 6.45) is 0. The van der Waals surface area contributed by atoms with Gasteiger partial charge in [-0.2, -0.15) is 4.80 Å². The Morgan fingerprint density at radius 1 is 1.47 bits per heavy atom. The van der Waals surface area contributed by atoms with Crippen LogP contribution >= 0.6 is 11.6 Å². The topological polar surface area (TPSA) is 68.0 Å². The minimum Gasteiger partial charge on any atom is -0.476 e. The van der Waals surface area contributed by atoms with Gasteiger partial charge in [-0.1, -0.05) is 23.7 Å². The van der Waals surface area contributed by atoms with Crippen molar-refractivity contribution in [2.24, 2.45) is 0 Å². The molecule has 1 aromatic heterocycles. The maximum Gasteiger partial charge on any atom is 0.359 e. The fourth-order valence-electron chi connectivity index (χ4n) is 1.33. The molecule has 88 valence electrons. The summed E-state index contributed by atoms with van der Waals surface area (Å²) in [6, 6.07) is 5.86. The Kier molecular flexibility index (Phi) is 3.06. The number of benzene rings is 1. The quantitative estimate of drug-likeness (QED) is 0.908. The van der Waals surface area contributed by atoms with Gasteiger partial charge in [0.1, 0.15) is 5.82 Å². The van der Waals surface area contributed by atoms with Gasteiger partial charge in [-0.05, 0) is 17.7 Å². The first-order valence-corrected chi connectivity index (χ1v) is 5.02. The molecule has 0 bridgehead atoms. The van der Waals surface area contributed by atoms with Gasteiger partial charge in [-0.15, -0.1) is 10.2 Å². The van der Waals surface area contributed by atoms with Gasteiger partial charge in [0.15, 0.2) is 5.15 Å². The summed E-state index contributed by atoms with van der Waals surface area (Å²) in [5.74, 6) is -1.63. The number of aromatic nitrogens is 3. The van der Waals surface area contributed by atoms with E-state index in [4.69, 9.17) is 16.7 Å². The highest BCUT2D eigenvalue weighted by Crippen LogP contribution is 2.11. The van der Waals surface area contributed by atoms with Crippen molar-refractivity contribution in [2.75, 3.05) is 0 Å². The lowest BCUT2D eigenvalue weighted by Crippen LogP contribution is -2.05. The molecular formula is C10H7ClFN3O2. The largest absolute Gasteiger partial charge is 0.476 e. The molecule has 0 aliphatic carbocycles. The molecule has 0 spiro atoms. The second kappa shape index (κ2) is 4.50. The van der Waals surface area contributed by atoms with Crippen molar-refractivity contribution in [2.45, 2.75) is 6.54 Å². The summed E-state index contributed by atoms with van der Waals surface area (Å²) in [4.78, 5) is 11.8. The van der Waals surface area contributed by atoms with Gasteiger partial charge < -0.3 is 5.11 Å². The van der Waals surface area contributed by atoms with Crippen LogP contribution in [0, 0.1) is 5.82 Å². The second-order valence-corrected chi connectivity index (χ2v) is 3.66. The monoisotopic (exact) mass is 255 g/mol. The molecule has 0 fully saturated rings. The third kappa shape index (κ3) is 2.59. The fraction of sp³-hybridized carbons (Fsp3) is 0.100. The van der Waals surface area contributed by atoms with Crippen molar-refractivity contribution in [3.8, 4) is 0 Å². The third-order valence-electron chi connectivity index (χ3n) is 2.03. The van der Waals surface area contributed by atoms with Gasteiger partial charge in [-0.3, -0.25) is 0 Å². The number of aromatic carboxylic acids is 1. The summed E-state index contributed by atoms with van der Waals surface area (Å²) >= 11 is 5.59. The lowest BCUT2D eigenvalue weighted by molar-refractivity contribution is 0.0689. The first-order chi connectivity index (χ1) is 8.06. The standard InChI is InChI=1S/C10H7ClFN3O2/c11-9-8(10(16)17)13-15(14-9)5-6-2-1-3-7(12)4-6/h1-4H,5H2,(H,16,17). The van der Waals surface area contributed by atoms with E-state index in [1.165, 1.54) is 12.1 Å². The van der Waals surface area contributed by atoms with E-state index in [1.54, 1.807) is 12.1 Å². The van der Waals surface area contributed by atoms with Gasteiger partial charge in [0.25, 0.3) is 0 Å². The number of rotatable bonds is 3. The summed E-state index contributed by atoms with van der Waals surface area (Å²) in [6.45, 7) is 0.157. The Balaban J connectivity index is 2.25. The molecule has 17 heavy (non-hydrogen) atoms. The van der Waals surface area contributed by atoms with Crippen LogP contribution in [-0.4, -0.2) is 26.1 Å². The van der Waals surface area contributed by atoms with Crippen LogP contribution in [0.15, 0.2) is 24.3 Å². The maximum atomic E-state index is 12.9. The SMILES string of the molecule is O=C(O)c1nn(Cc2cccc(F)c2)nc1Cl. The minimum atomic E-state index is -1.25. The van der Waals surface area contributed by atoms with Gasteiger partial charge >= 0.3 is 5.97 Å². The van der Waals surface area contributed by atoms with Crippen LogP contribution in [-0.2, 0) is 6.54 Å². The Bertz CT molecular complexity index is 570. The molecule has 2 rings (SSSR count). The third-order valence-corrected chi connectivity index (χ3v) is 2.28. The van der Waals surface area contributed by atoms with Gasteiger partial charge in [-0.25, -0.2) is 9.18 Å². The van der Waals surface area contributed by atoms with Crippen molar-refractivity contribution in [1.29, 1.82) is 0 Å². The number of nitrogens with zero attached hydrogens (tertiary/aromatic N) is 3. The number of halogens is 2.